The Labute approximate surface area is 375 Å². The number of phenolic OH excluding ortho intramolecular Hbond substituents is 1. The third-order valence-corrected chi connectivity index (χ3v) is 10.5. The topological polar surface area (TPSA) is 291 Å². The van der Waals surface area contributed by atoms with E-state index in [2.05, 4.69) is 31.2 Å². The Bertz CT molecular complexity index is 2390. The largest absolute Gasteiger partial charge is 0.506 e. The zero-order chi connectivity index (χ0) is 45.8. The molecular formula is C47H56N6O12. The van der Waals surface area contributed by atoms with Crippen molar-refractivity contribution in [1.82, 2.24) is 20.5 Å². The van der Waals surface area contributed by atoms with Gasteiger partial charge in [-0.3, -0.25) is 19.7 Å². The number of carboxylic acid groups (broad SMARTS) is 2. The van der Waals surface area contributed by atoms with Gasteiger partial charge in [-0.1, -0.05) is 73.2 Å². The number of carboxylic acids is 2. The minimum atomic E-state index is -1.82. The van der Waals surface area contributed by atoms with Crippen molar-refractivity contribution >= 4 is 52.1 Å². The van der Waals surface area contributed by atoms with Crippen LogP contribution in [0.25, 0.3) is 22.0 Å². The van der Waals surface area contributed by atoms with Crippen LogP contribution in [0.15, 0.2) is 108 Å². The van der Waals surface area contributed by atoms with Crippen molar-refractivity contribution in [2.24, 2.45) is 0 Å². The number of aliphatic hydroxyl groups is 1. The average molecular weight is 897 g/mol. The number of anilines is 2. The van der Waals surface area contributed by atoms with Crippen molar-refractivity contribution in [2.45, 2.75) is 63.7 Å². The number of aromatic hydroxyl groups is 1. The molecule has 1 fully saturated rings. The van der Waals surface area contributed by atoms with E-state index in [4.69, 9.17) is 24.5 Å². The lowest BCUT2D eigenvalue weighted by molar-refractivity contribution is -0.159. The Morgan fingerprint density at radius 1 is 0.769 bits per heavy atom. The van der Waals surface area contributed by atoms with Gasteiger partial charge in [-0.25, -0.2) is 14.4 Å². The van der Waals surface area contributed by atoms with Crippen LogP contribution < -0.4 is 26.8 Å². The summed E-state index contributed by atoms with van der Waals surface area (Å²) in [5, 5.41) is 48.3. The Balaban J connectivity index is 0.00000124. The lowest BCUT2D eigenvalue weighted by Gasteiger charge is -2.31. The van der Waals surface area contributed by atoms with Gasteiger partial charge in [0.1, 0.15) is 11.9 Å². The number of ether oxygens (including phenoxy) is 1. The number of hydrogen-bond acceptors (Lipinski definition) is 11. The fourth-order valence-electron chi connectivity index (χ4n) is 7.11. The maximum atomic E-state index is 12.7. The molecule has 0 saturated carbocycles. The molecule has 11 N–H and O–H groups in total. The van der Waals surface area contributed by atoms with Crippen molar-refractivity contribution in [3.05, 3.63) is 125 Å². The number of fused-ring (bicyclic) bond motifs is 1. The van der Waals surface area contributed by atoms with E-state index >= 15 is 0 Å². The number of piperidine rings is 1. The molecule has 1 aliphatic heterocycles. The lowest BCUT2D eigenvalue weighted by atomic mass is 10.0. The Morgan fingerprint density at radius 3 is 2.17 bits per heavy atom. The fraction of sp³-hybridized carbons (Fsp3) is 0.319. The van der Waals surface area contributed by atoms with Crippen LogP contribution in [0.4, 0.5) is 16.2 Å². The molecule has 0 aliphatic carbocycles. The number of aliphatic carboxylic acids is 2. The number of nitrogens with one attached hydrogen (secondary N) is 5. The molecule has 0 bridgehead atoms. The highest BCUT2D eigenvalue weighted by atomic mass is 16.6. The van der Waals surface area contributed by atoms with Gasteiger partial charge in [0.15, 0.2) is 0 Å². The van der Waals surface area contributed by atoms with E-state index in [1.807, 2.05) is 78.9 Å². The molecule has 5 aromatic rings. The van der Waals surface area contributed by atoms with Crippen molar-refractivity contribution in [2.75, 3.05) is 43.4 Å². The van der Waals surface area contributed by atoms with Gasteiger partial charge in [-0.15, -0.1) is 0 Å². The van der Waals surface area contributed by atoms with Gasteiger partial charge in [-0.2, -0.15) is 0 Å². The quantitative estimate of drug-likeness (QED) is 0.0424. The molecule has 3 amide bonds. The number of carbonyl (C=O) groups is 5. The number of unbranched alkanes of at least 4 members (excludes halogenated alkanes) is 2. The third kappa shape index (κ3) is 16.5. The summed E-state index contributed by atoms with van der Waals surface area (Å²) >= 11 is 0. The molecule has 18 nitrogen and oxygen atoms in total. The molecule has 2 heterocycles. The average Bonchev–Trinajstić information content (AvgIpc) is 3.28. The number of H-pyrrole nitrogens is 1. The first-order valence-electron chi connectivity index (χ1n) is 21.1. The predicted octanol–water partition coefficient (Wildman–Crippen LogP) is 4.77. The summed E-state index contributed by atoms with van der Waals surface area (Å²) in [5.74, 6) is -3.76. The highest BCUT2D eigenvalue weighted by molar-refractivity contribution is 6.27. The fourth-order valence-corrected chi connectivity index (χ4v) is 7.11. The van der Waals surface area contributed by atoms with Crippen LogP contribution in [-0.4, -0.2) is 104 Å². The molecule has 346 valence electrons. The van der Waals surface area contributed by atoms with Crippen molar-refractivity contribution in [3.8, 4) is 16.9 Å². The van der Waals surface area contributed by atoms with Crippen LogP contribution >= 0.6 is 0 Å². The van der Waals surface area contributed by atoms with Gasteiger partial charge in [-0.05, 0) is 72.7 Å². The molecule has 4 aromatic carbocycles. The monoisotopic (exact) mass is 896 g/mol. The SMILES string of the molecule is O.O=C(CCN1CCC(OC(=O)Nc2ccccc2-c2ccccc2)CC1)NCCCCCC(=O)Nc1ccc(CNCC(O)c2ccc(O)c3[nH]c(=O)ccc23)cc1.O=C(O)C(=O)O. The molecule has 6 rings (SSSR count). The number of rotatable bonds is 18. The van der Waals surface area contributed by atoms with Crippen LogP contribution in [0.5, 0.6) is 5.75 Å². The molecule has 0 spiro atoms. The number of carbonyl (C=O) groups excluding carboxylic acids is 3. The second-order valence-electron chi connectivity index (χ2n) is 15.2. The first kappa shape index (κ1) is 50.5. The highest BCUT2D eigenvalue weighted by Gasteiger charge is 2.23. The number of phenols is 1. The second kappa shape index (κ2) is 25.9. The number of aromatic nitrogens is 1. The molecule has 1 atom stereocenters. The standard InChI is InChI=1S/C45H52N6O7.C2H2O4.H2O/c52-39-20-18-36(37-19-21-43(56)50-44(37)39)40(53)30-46-29-31-14-16-33(17-15-31)48-42(55)13-5-2-8-25-47-41(54)24-28-51-26-22-34(23-27-51)58-45(57)49-38-12-7-6-11-35(38)32-9-3-1-4-10-32;3-1(4)2(5)6;/h1,3-4,6-7,9-12,14-21,34,40,46,52-53H,2,5,8,13,22-30H2,(H,47,54)(H,48,55)(H,49,57)(H,50,56);(H,3,4)(H,5,6);1H2. The molecular weight excluding hydrogens is 841 g/mol. The number of aromatic amines is 1. The highest BCUT2D eigenvalue weighted by Crippen LogP contribution is 2.29. The molecule has 18 heteroatoms. The number of aliphatic hydroxyl groups excluding tert-OH is 1. The van der Waals surface area contributed by atoms with E-state index in [1.54, 1.807) is 12.1 Å². The normalized spacial score (nSPS) is 13.0. The van der Waals surface area contributed by atoms with Crippen LogP contribution in [0.1, 0.15) is 62.2 Å². The Kier molecular flexibility index (Phi) is 20.1. The van der Waals surface area contributed by atoms with Gasteiger partial charge >= 0.3 is 18.0 Å². The number of benzene rings is 4. The summed E-state index contributed by atoms with van der Waals surface area (Å²) in [4.78, 5) is 72.4. The van der Waals surface area contributed by atoms with E-state index in [1.165, 1.54) is 12.1 Å². The summed E-state index contributed by atoms with van der Waals surface area (Å²) in [6.45, 7) is 3.49. The molecule has 1 unspecified atom stereocenters. The number of nitrogens with zero attached hydrogens (tertiary/aromatic N) is 1. The van der Waals surface area contributed by atoms with Crippen LogP contribution in [0, 0.1) is 0 Å². The van der Waals surface area contributed by atoms with E-state index in [0.717, 1.165) is 42.6 Å². The summed E-state index contributed by atoms with van der Waals surface area (Å²) in [5.41, 5.74) is 4.89. The molecule has 65 heavy (non-hydrogen) atoms. The van der Waals surface area contributed by atoms with E-state index in [0.29, 0.717) is 79.6 Å². The molecule has 1 aromatic heterocycles. The van der Waals surface area contributed by atoms with E-state index in [9.17, 15) is 29.4 Å². The zero-order valence-corrected chi connectivity index (χ0v) is 35.8. The van der Waals surface area contributed by atoms with Gasteiger partial charge in [0.2, 0.25) is 17.4 Å². The number of hydrogen-bond donors (Lipinski definition) is 9. The van der Waals surface area contributed by atoms with Crippen molar-refractivity contribution in [1.29, 1.82) is 0 Å². The first-order valence-corrected chi connectivity index (χ1v) is 21.1. The summed E-state index contributed by atoms with van der Waals surface area (Å²) in [6, 6.07) is 31.1. The Hall–Kier alpha value is -7.12. The Morgan fingerprint density at radius 2 is 1.46 bits per heavy atom. The summed E-state index contributed by atoms with van der Waals surface area (Å²) in [6.07, 6.45) is 3.06. The number of para-hydroxylation sites is 1. The maximum absolute atomic E-state index is 12.7. The minimum Gasteiger partial charge on any atom is -0.506 e. The number of pyridine rings is 1. The van der Waals surface area contributed by atoms with Crippen LogP contribution in [0.2, 0.25) is 0 Å². The second-order valence-corrected chi connectivity index (χ2v) is 15.2. The lowest BCUT2D eigenvalue weighted by Crippen LogP contribution is -2.40. The van der Waals surface area contributed by atoms with Crippen molar-refractivity contribution in [3.63, 3.8) is 0 Å². The number of likely N-dealkylation sites (tertiary alicyclic amines) is 1. The maximum Gasteiger partial charge on any atom is 0.414 e. The molecule has 1 saturated heterocycles. The van der Waals surface area contributed by atoms with Gasteiger partial charge in [0, 0.05) is 74.8 Å². The minimum absolute atomic E-state index is 0. The molecule has 1 aliphatic rings. The van der Waals surface area contributed by atoms with Crippen LogP contribution in [-0.2, 0) is 30.5 Å². The first-order chi connectivity index (χ1) is 30.9. The van der Waals surface area contributed by atoms with Gasteiger partial charge in [0.25, 0.3) is 0 Å². The number of amides is 3. The smallest absolute Gasteiger partial charge is 0.414 e. The zero-order valence-electron chi connectivity index (χ0n) is 35.8. The molecule has 0 radical (unpaired) electrons. The van der Waals surface area contributed by atoms with Gasteiger partial charge in [0.05, 0.1) is 17.3 Å². The van der Waals surface area contributed by atoms with E-state index < -0.39 is 24.1 Å². The van der Waals surface area contributed by atoms with E-state index in [-0.39, 0.29) is 41.2 Å². The van der Waals surface area contributed by atoms with Crippen molar-refractivity contribution < 1.29 is 54.6 Å². The summed E-state index contributed by atoms with van der Waals surface area (Å²) < 4.78 is 5.74. The summed E-state index contributed by atoms with van der Waals surface area (Å²) in [7, 11) is 0. The predicted molar refractivity (Wildman–Crippen MR) is 244 cm³/mol. The van der Waals surface area contributed by atoms with Crippen LogP contribution in [0.3, 0.4) is 0 Å². The van der Waals surface area contributed by atoms with Gasteiger partial charge < -0.3 is 56.5 Å². The third-order valence-electron chi connectivity index (χ3n) is 10.5.